The summed E-state index contributed by atoms with van der Waals surface area (Å²) in [5.74, 6) is 0. The van der Waals surface area contributed by atoms with Gasteiger partial charge in [0.1, 0.15) is 8.07 Å². The van der Waals surface area contributed by atoms with Gasteiger partial charge in [-0.1, -0.05) is 107 Å². The van der Waals surface area contributed by atoms with E-state index in [4.69, 9.17) is 0 Å². The third kappa shape index (κ3) is 4.41. The minimum Gasteiger partial charge on any atom is -0.309 e. The van der Waals surface area contributed by atoms with Crippen molar-refractivity contribution < 1.29 is 0 Å². The molecule has 1 aliphatic rings. The maximum absolute atomic E-state index is 3.77. The van der Waals surface area contributed by atoms with Crippen LogP contribution in [0.1, 0.15) is 5.56 Å². The molecule has 7 aromatic carbocycles. The normalized spacial score (nSPS) is 13.5. The molecular weight excluding hydrogens is 695 g/mol. The third-order valence-electron chi connectivity index (χ3n) is 10.7. The number of aryl methyl sites for hydroxylation is 1. The molecule has 0 N–H and O–H groups in total. The van der Waals surface area contributed by atoms with E-state index in [9.17, 15) is 0 Å². The van der Waals surface area contributed by atoms with Gasteiger partial charge in [-0.2, -0.15) is 0 Å². The van der Waals surface area contributed by atoms with Crippen LogP contribution in [0.2, 0.25) is 13.1 Å². The maximum atomic E-state index is 3.77. The molecule has 234 valence electrons. The zero-order valence-electron chi connectivity index (χ0n) is 27.5. The number of rotatable bonds is 3. The standard InChI is InChI=1S/C45H32BrNSSi/c1-27-8-20-42-38(22-27)39-24-30(13-21-43(39)48-42)29-12-18-40-36(23-29)37-26-32(46)14-19-41(37)47(40)33-15-9-28(10-16-33)31-11-17-35-34-6-4-5-7-44(34)49(2,3)45(35)25-31/h4-26H,1-3H3. The number of nitrogens with zero attached hydrogens (tertiary/aromatic N) is 1. The number of hydrogen-bond donors (Lipinski definition) is 0. The second-order valence-electron chi connectivity index (χ2n) is 14.0. The van der Waals surface area contributed by atoms with Crippen molar-refractivity contribution in [3.05, 3.63) is 150 Å². The fourth-order valence-corrected chi connectivity index (χ4v) is 12.7. The Labute approximate surface area is 299 Å². The highest BCUT2D eigenvalue weighted by atomic mass is 79.9. The zero-order chi connectivity index (χ0) is 33.0. The second kappa shape index (κ2) is 10.6. The predicted octanol–water partition coefficient (Wildman–Crippen LogP) is 12.4. The highest BCUT2D eigenvalue weighted by molar-refractivity contribution is 9.10. The Hall–Kier alpha value is -4.74. The average Bonchev–Trinajstić information content (AvgIpc) is 3.72. The van der Waals surface area contributed by atoms with Gasteiger partial charge in [-0.15, -0.1) is 11.3 Å². The van der Waals surface area contributed by atoms with Crippen LogP contribution < -0.4 is 10.4 Å². The smallest absolute Gasteiger partial charge is 0.113 e. The lowest BCUT2D eigenvalue weighted by Crippen LogP contribution is -2.49. The number of benzene rings is 7. The molecule has 0 radical (unpaired) electrons. The largest absolute Gasteiger partial charge is 0.309 e. The van der Waals surface area contributed by atoms with Crippen LogP contribution in [-0.4, -0.2) is 12.6 Å². The van der Waals surface area contributed by atoms with Crippen molar-refractivity contribution in [1.29, 1.82) is 0 Å². The zero-order valence-corrected chi connectivity index (χ0v) is 30.9. The Morgan fingerprint density at radius 3 is 1.92 bits per heavy atom. The van der Waals surface area contributed by atoms with E-state index in [1.807, 2.05) is 11.3 Å². The third-order valence-corrected chi connectivity index (χ3v) is 15.9. The summed E-state index contributed by atoms with van der Waals surface area (Å²) in [5, 5.41) is 8.29. The van der Waals surface area contributed by atoms with Crippen molar-refractivity contribution in [2.75, 3.05) is 0 Å². The summed E-state index contributed by atoms with van der Waals surface area (Å²) < 4.78 is 6.19. The molecule has 2 aromatic heterocycles. The van der Waals surface area contributed by atoms with E-state index >= 15 is 0 Å². The molecule has 0 amide bonds. The summed E-state index contributed by atoms with van der Waals surface area (Å²) in [6.45, 7) is 7.15. The number of aromatic nitrogens is 1. The second-order valence-corrected chi connectivity index (χ2v) is 20.3. The van der Waals surface area contributed by atoms with Crippen LogP contribution in [0.5, 0.6) is 0 Å². The molecule has 0 aliphatic carbocycles. The first-order chi connectivity index (χ1) is 23.8. The molecule has 1 nitrogen and oxygen atoms in total. The Balaban J connectivity index is 1.07. The van der Waals surface area contributed by atoms with E-state index in [-0.39, 0.29) is 0 Å². The lowest BCUT2D eigenvalue weighted by molar-refractivity contribution is 1.18. The minimum atomic E-state index is -1.73. The van der Waals surface area contributed by atoms with Crippen LogP contribution in [0, 0.1) is 6.92 Å². The van der Waals surface area contributed by atoms with Crippen molar-refractivity contribution in [2.24, 2.45) is 0 Å². The maximum Gasteiger partial charge on any atom is 0.113 e. The molecule has 10 rings (SSSR count). The van der Waals surface area contributed by atoms with Gasteiger partial charge in [0, 0.05) is 41.1 Å². The van der Waals surface area contributed by atoms with E-state index in [1.54, 1.807) is 10.4 Å². The number of hydrogen-bond acceptors (Lipinski definition) is 1. The molecule has 0 atom stereocenters. The lowest BCUT2D eigenvalue weighted by Gasteiger charge is -2.19. The molecular formula is C45H32BrNSSi. The number of halogens is 1. The first kappa shape index (κ1) is 29.2. The molecule has 0 spiro atoms. The van der Waals surface area contributed by atoms with E-state index in [1.165, 1.54) is 86.6 Å². The van der Waals surface area contributed by atoms with Crippen molar-refractivity contribution in [3.8, 4) is 39.1 Å². The lowest BCUT2D eigenvalue weighted by atomic mass is 10.00. The van der Waals surface area contributed by atoms with Gasteiger partial charge in [0.25, 0.3) is 0 Å². The first-order valence-electron chi connectivity index (χ1n) is 16.9. The van der Waals surface area contributed by atoms with Crippen molar-refractivity contribution in [3.63, 3.8) is 0 Å². The van der Waals surface area contributed by atoms with E-state index in [0.29, 0.717) is 0 Å². The van der Waals surface area contributed by atoms with Crippen LogP contribution in [0.4, 0.5) is 0 Å². The van der Waals surface area contributed by atoms with E-state index in [0.717, 1.165) is 4.47 Å². The molecule has 0 unspecified atom stereocenters. The van der Waals surface area contributed by atoms with Gasteiger partial charge in [0.15, 0.2) is 0 Å². The fraction of sp³-hybridized carbons (Fsp3) is 0.0667. The molecule has 3 heterocycles. The van der Waals surface area contributed by atoms with Crippen LogP contribution in [0.3, 0.4) is 0 Å². The quantitative estimate of drug-likeness (QED) is 0.160. The average molecular weight is 727 g/mol. The topological polar surface area (TPSA) is 4.93 Å². The SMILES string of the molecule is Cc1ccc2sc3ccc(-c4ccc5c(c4)c4cc(Br)ccc4n5-c4ccc(-c5ccc6c(c5)[Si](C)(C)c5ccccc5-6)cc4)cc3c2c1. The monoisotopic (exact) mass is 725 g/mol. The molecule has 1 aliphatic heterocycles. The molecule has 49 heavy (non-hydrogen) atoms. The number of fused-ring (bicyclic) bond motifs is 9. The van der Waals surface area contributed by atoms with Crippen LogP contribution in [0.15, 0.2) is 144 Å². The Morgan fingerprint density at radius 2 is 1.10 bits per heavy atom. The Kier molecular flexibility index (Phi) is 6.33. The minimum absolute atomic E-state index is 1.09. The fourth-order valence-electron chi connectivity index (χ4n) is 8.21. The van der Waals surface area contributed by atoms with Crippen LogP contribution in [0.25, 0.3) is 81.0 Å². The van der Waals surface area contributed by atoms with Gasteiger partial charge in [0.05, 0.1) is 11.0 Å². The summed E-state index contributed by atoms with van der Waals surface area (Å²) in [7, 11) is -1.73. The molecule has 0 saturated heterocycles. The highest BCUT2D eigenvalue weighted by Crippen LogP contribution is 2.40. The molecule has 0 bridgehead atoms. The summed E-state index contributed by atoms with van der Waals surface area (Å²) in [6, 6.07) is 52.6. The van der Waals surface area contributed by atoms with Gasteiger partial charge >= 0.3 is 0 Å². The van der Waals surface area contributed by atoms with Crippen molar-refractivity contribution in [2.45, 2.75) is 20.0 Å². The Bertz CT molecular complexity index is 2820. The summed E-state index contributed by atoms with van der Waals surface area (Å²) >= 11 is 5.64. The Morgan fingerprint density at radius 1 is 0.510 bits per heavy atom. The van der Waals surface area contributed by atoms with E-state index < -0.39 is 8.07 Å². The van der Waals surface area contributed by atoms with Crippen molar-refractivity contribution >= 4 is 87.7 Å². The van der Waals surface area contributed by atoms with Crippen LogP contribution in [-0.2, 0) is 0 Å². The molecule has 9 aromatic rings. The van der Waals surface area contributed by atoms with Gasteiger partial charge in [-0.25, -0.2) is 0 Å². The van der Waals surface area contributed by atoms with Gasteiger partial charge in [0.2, 0.25) is 0 Å². The van der Waals surface area contributed by atoms with E-state index in [2.05, 4.69) is 180 Å². The van der Waals surface area contributed by atoms with Crippen LogP contribution >= 0.6 is 27.3 Å². The summed E-state index contributed by atoms with van der Waals surface area (Å²) in [5.41, 5.74) is 12.8. The number of thiophene rings is 1. The predicted molar refractivity (Wildman–Crippen MR) is 219 cm³/mol. The highest BCUT2D eigenvalue weighted by Gasteiger charge is 2.37. The van der Waals surface area contributed by atoms with Crippen molar-refractivity contribution in [1.82, 2.24) is 4.57 Å². The molecule has 0 saturated carbocycles. The summed E-state index contributed by atoms with van der Waals surface area (Å²) in [4.78, 5) is 0. The van der Waals surface area contributed by atoms with Gasteiger partial charge in [-0.05, 0) is 117 Å². The molecule has 4 heteroatoms. The first-order valence-corrected chi connectivity index (χ1v) is 21.5. The van der Waals surface area contributed by atoms with Gasteiger partial charge in [-0.3, -0.25) is 0 Å². The van der Waals surface area contributed by atoms with Gasteiger partial charge < -0.3 is 4.57 Å². The molecule has 0 fully saturated rings. The summed E-state index contributed by atoms with van der Waals surface area (Å²) in [6.07, 6.45) is 0.